The highest BCUT2D eigenvalue weighted by molar-refractivity contribution is 5.93. The summed E-state index contributed by atoms with van der Waals surface area (Å²) in [5.41, 5.74) is 12.1. The molecule has 9 nitrogen and oxygen atoms in total. The molecule has 31 heavy (non-hydrogen) atoms. The van der Waals surface area contributed by atoms with E-state index in [0.717, 1.165) is 22.3 Å². The summed E-state index contributed by atoms with van der Waals surface area (Å²) in [5.74, 6) is 0.956. The van der Waals surface area contributed by atoms with E-state index in [-0.39, 0.29) is 0 Å². The van der Waals surface area contributed by atoms with Gasteiger partial charge in [0.1, 0.15) is 0 Å². The summed E-state index contributed by atoms with van der Waals surface area (Å²) in [5, 5.41) is 4.03. The molecule has 3 rings (SSSR count). The molecule has 9 heteroatoms. The summed E-state index contributed by atoms with van der Waals surface area (Å²) in [6.07, 6.45) is 0.844. The number of nitrogens with zero attached hydrogens (tertiary/aromatic N) is 3. The summed E-state index contributed by atoms with van der Waals surface area (Å²) in [6, 6.07) is 5.26. The molecule has 2 aromatic carbocycles. The number of hydrogen-bond donors (Lipinski definition) is 0. The van der Waals surface area contributed by atoms with Crippen molar-refractivity contribution in [3.05, 3.63) is 50.9 Å². The lowest BCUT2D eigenvalue weighted by molar-refractivity contribution is -0.0151. The van der Waals surface area contributed by atoms with E-state index in [1.165, 1.54) is 21.3 Å². The zero-order valence-corrected chi connectivity index (χ0v) is 18.4. The van der Waals surface area contributed by atoms with Crippen LogP contribution in [0.4, 0.5) is 0 Å². The van der Waals surface area contributed by atoms with Crippen molar-refractivity contribution in [3.63, 3.8) is 0 Å². The number of carbonyl (C=O) groups is 1. The van der Waals surface area contributed by atoms with E-state index >= 15 is 0 Å². The number of hydrogen-bond acceptors (Lipinski definition) is 7. The molecule has 0 saturated carbocycles. The highest BCUT2D eigenvalue weighted by atomic mass is 16.5. The molecule has 1 aliphatic carbocycles. The average molecular weight is 427 g/mol. The quantitative estimate of drug-likeness (QED) is 0.290. The third kappa shape index (κ3) is 3.52. The lowest BCUT2D eigenvalue weighted by Gasteiger charge is -2.29. The number of methoxy groups -OCH3 is 5. The van der Waals surface area contributed by atoms with Crippen molar-refractivity contribution < 1.29 is 28.5 Å². The summed E-state index contributed by atoms with van der Waals surface area (Å²) in [7, 11) is 7.44. The fourth-order valence-corrected chi connectivity index (χ4v) is 4.21. The summed E-state index contributed by atoms with van der Waals surface area (Å²) in [6.45, 7) is 1.87. The number of ether oxygens (including phenoxy) is 5. The fraction of sp³-hybridized carbons (Fsp3) is 0.409. The predicted molar refractivity (Wildman–Crippen MR) is 114 cm³/mol. The van der Waals surface area contributed by atoms with Crippen LogP contribution in [0.2, 0.25) is 0 Å². The molecule has 0 heterocycles. The molecule has 2 aromatic rings. The Morgan fingerprint density at radius 2 is 1.74 bits per heavy atom. The Kier molecular flexibility index (Phi) is 6.29. The number of fused-ring (bicyclic) bond motifs is 3. The van der Waals surface area contributed by atoms with Crippen molar-refractivity contribution in [3.8, 4) is 28.4 Å². The zero-order valence-electron chi connectivity index (χ0n) is 18.4. The monoisotopic (exact) mass is 427 g/mol. The van der Waals surface area contributed by atoms with Crippen LogP contribution in [0.15, 0.2) is 23.3 Å². The SMILES string of the molecule is COC(=O)c1cc(C)c2c(c1)[C@](N=[N+]=[N-])(OC)CCc1cc(OC)c(OC)c(OC)c1-2. The minimum Gasteiger partial charge on any atom is -0.493 e. The van der Waals surface area contributed by atoms with E-state index in [0.29, 0.717) is 41.2 Å². The number of aryl methyl sites for hydroxylation is 2. The standard InChI is InChI=1S/C22H25N3O6/c1-12-9-14(21(26)30-5)10-15-17(12)18-13(7-8-22(15,31-6)24-25-23)11-16(27-2)19(28-3)20(18)29-4/h9-11H,7-8H2,1-6H3/t22-/m1/s1. The first-order valence-electron chi connectivity index (χ1n) is 9.58. The van der Waals surface area contributed by atoms with Crippen LogP contribution in [0.3, 0.4) is 0 Å². The molecule has 0 N–H and O–H groups in total. The van der Waals surface area contributed by atoms with Gasteiger partial charge in [-0.3, -0.25) is 0 Å². The van der Waals surface area contributed by atoms with Crippen molar-refractivity contribution in [2.45, 2.75) is 25.5 Å². The first-order chi connectivity index (χ1) is 14.9. The van der Waals surface area contributed by atoms with Crippen LogP contribution in [0.25, 0.3) is 21.6 Å². The largest absolute Gasteiger partial charge is 0.493 e. The predicted octanol–water partition coefficient (Wildman–Crippen LogP) is 4.53. The second-order valence-electron chi connectivity index (χ2n) is 7.06. The molecular weight excluding hydrogens is 402 g/mol. The van der Waals surface area contributed by atoms with Crippen LogP contribution in [-0.2, 0) is 21.6 Å². The first kappa shape index (κ1) is 22.3. The van der Waals surface area contributed by atoms with E-state index in [9.17, 15) is 10.3 Å². The molecule has 0 fully saturated rings. The molecular formula is C22H25N3O6. The summed E-state index contributed by atoms with van der Waals surface area (Å²) in [4.78, 5) is 15.4. The van der Waals surface area contributed by atoms with Gasteiger partial charge in [-0.15, -0.1) is 0 Å². The Morgan fingerprint density at radius 1 is 1.03 bits per heavy atom. The molecule has 1 aliphatic rings. The van der Waals surface area contributed by atoms with Gasteiger partial charge in [0, 0.05) is 17.6 Å². The van der Waals surface area contributed by atoms with Crippen LogP contribution >= 0.6 is 0 Å². The van der Waals surface area contributed by atoms with Gasteiger partial charge >= 0.3 is 5.97 Å². The molecule has 0 spiro atoms. The van der Waals surface area contributed by atoms with Gasteiger partial charge < -0.3 is 23.7 Å². The van der Waals surface area contributed by atoms with E-state index in [2.05, 4.69) is 10.0 Å². The highest BCUT2D eigenvalue weighted by Crippen LogP contribution is 2.53. The topological polar surface area (TPSA) is 112 Å². The van der Waals surface area contributed by atoms with E-state index in [1.807, 2.05) is 13.0 Å². The minimum atomic E-state index is -1.33. The minimum absolute atomic E-state index is 0.330. The Morgan fingerprint density at radius 3 is 2.29 bits per heavy atom. The van der Waals surface area contributed by atoms with Crippen molar-refractivity contribution >= 4 is 5.97 Å². The molecule has 0 aromatic heterocycles. The van der Waals surface area contributed by atoms with Gasteiger partial charge in [0.15, 0.2) is 17.2 Å². The lowest BCUT2D eigenvalue weighted by atomic mass is 9.87. The Labute approximate surface area is 180 Å². The molecule has 1 atom stereocenters. The van der Waals surface area contributed by atoms with Crippen LogP contribution in [-0.4, -0.2) is 41.5 Å². The van der Waals surface area contributed by atoms with Crippen molar-refractivity contribution in [1.82, 2.24) is 0 Å². The van der Waals surface area contributed by atoms with Crippen LogP contribution in [0, 0.1) is 6.92 Å². The Bertz CT molecular complexity index is 1080. The second kappa shape index (κ2) is 8.75. The third-order valence-corrected chi connectivity index (χ3v) is 5.62. The molecule has 0 aliphatic heterocycles. The van der Waals surface area contributed by atoms with E-state index < -0.39 is 11.7 Å². The number of benzene rings is 2. The maximum absolute atomic E-state index is 12.3. The molecule has 0 amide bonds. The molecule has 0 radical (unpaired) electrons. The average Bonchev–Trinajstić information content (AvgIpc) is 2.92. The fourth-order valence-electron chi connectivity index (χ4n) is 4.21. The Balaban J connectivity index is 2.51. The van der Waals surface area contributed by atoms with Gasteiger partial charge in [-0.25, -0.2) is 4.79 Å². The maximum Gasteiger partial charge on any atom is 0.337 e. The van der Waals surface area contributed by atoms with Gasteiger partial charge in [-0.05, 0) is 65.7 Å². The Hall–Kier alpha value is -3.42. The molecule has 0 saturated heterocycles. The second-order valence-corrected chi connectivity index (χ2v) is 7.06. The van der Waals surface area contributed by atoms with Crippen molar-refractivity contribution in [2.24, 2.45) is 5.11 Å². The van der Waals surface area contributed by atoms with Gasteiger partial charge in [-0.2, -0.15) is 0 Å². The van der Waals surface area contributed by atoms with Gasteiger partial charge in [0.25, 0.3) is 0 Å². The number of esters is 1. The lowest BCUT2D eigenvalue weighted by Crippen LogP contribution is -2.27. The van der Waals surface area contributed by atoms with Gasteiger partial charge in [-0.1, -0.05) is 5.11 Å². The molecule has 164 valence electrons. The maximum atomic E-state index is 12.3. The number of carbonyl (C=O) groups excluding carboxylic acids is 1. The highest BCUT2D eigenvalue weighted by Gasteiger charge is 2.40. The number of azide groups is 1. The van der Waals surface area contributed by atoms with Gasteiger partial charge in [0.05, 0.1) is 34.0 Å². The molecule has 0 bridgehead atoms. The molecule has 0 unspecified atom stereocenters. The summed E-state index contributed by atoms with van der Waals surface area (Å²) >= 11 is 0. The smallest absolute Gasteiger partial charge is 0.337 e. The first-order valence-corrected chi connectivity index (χ1v) is 9.58. The van der Waals surface area contributed by atoms with E-state index in [1.54, 1.807) is 26.4 Å². The summed E-state index contributed by atoms with van der Waals surface area (Å²) < 4.78 is 27.6. The number of rotatable bonds is 6. The van der Waals surface area contributed by atoms with Crippen molar-refractivity contribution in [2.75, 3.05) is 35.5 Å². The van der Waals surface area contributed by atoms with Gasteiger partial charge in [0.2, 0.25) is 5.75 Å². The zero-order chi connectivity index (χ0) is 22.8. The van der Waals surface area contributed by atoms with E-state index in [4.69, 9.17) is 23.7 Å². The van der Waals surface area contributed by atoms with Crippen molar-refractivity contribution in [1.29, 1.82) is 0 Å². The van der Waals surface area contributed by atoms with Crippen LogP contribution in [0.5, 0.6) is 17.2 Å². The van der Waals surface area contributed by atoms with Crippen LogP contribution in [0.1, 0.15) is 33.5 Å². The normalized spacial score (nSPS) is 16.8. The third-order valence-electron chi connectivity index (χ3n) is 5.62. The van der Waals surface area contributed by atoms with Crippen LogP contribution < -0.4 is 14.2 Å².